The number of hydrogen-bond acceptors (Lipinski definition) is 10. The molecule has 2 fully saturated rings. The van der Waals surface area contributed by atoms with Gasteiger partial charge in [-0.05, 0) is 43.6 Å². The van der Waals surface area contributed by atoms with Gasteiger partial charge in [0.15, 0.2) is 0 Å². The molecule has 1 aromatic rings. The number of phosphoric acid groups is 2. The number of aryl methyl sites for hydroxylation is 1. The van der Waals surface area contributed by atoms with Crippen molar-refractivity contribution in [2.75, 3.05) is 19.8 Å². The van der Waals surface area contributed by atoms with Crippen LogP contribution < -0.4 is 11.2 Å². The molecule has 2 aliphatic heterocycles. The molecule has 0 amide bonds. The average molecular weight is 604 g/mol. The fraction of sp³-hybridized carbons (Fsp3) is 0.667. The van der Waals surface area contributed by atoms with Crippen LogP contribution in [0, 0.1) is 30.6 Å². The van der Waals surface area contributed by atoms with E-state index in [0.717, 1.165) is 17.4 Å². The van der Waals surface area contributed by atoms with Crippen LogP contribution in [0.1, 0.15) is 38.0 Å². The van der Waals surface area contributed by atoms with Crippen molar-refractivity contribution in [1.29, 1.82) is 0 Å². The van der Waals surface area contributed by atoms with Gasteiger partial charge < -0.3 is 19.3 Å². The molecule has 0 radical (unpaired) electrons. The van der Waals surface area contributed by atoms with Crippen LogP contribution >= 0.6 is 15.6 Å². The van der Waals surface area contributed by atoms with Crippen LogP contribution in [0.2, 0.25) is 0 Å². The third-order valence-electron chi connectivity index (χ3n) is 7.80. The Kier molecular flexibility index (Phi) is 8.73. The number of phosphoric ester groups is 2. The van der Waals surface area contributed by atoms with E-state index in [-0.39, 0.29) is 37.0 Å². The molecule has 1 saturated heterocycles. The highest BCUT2D eigenvalue weighted by molar-refractivity contribution is 7.47. The first kappa shape index (κ1) is 29.6. The highest BCUT2D eigenvalue weighted by Crippen LogP contribution is 2.51. The van der Waals surface area contributed by atoms with Crippen molar-refractivity contribution >= 4 is 15.6 Å². The zero-order valence-electron chi connectivity index (χ0n) is 22.1. The number of aromatic amines is 1. The predicted octanol–water partition coefficient (Wildman–Crippen LogP) is 2.53. The minimum absolute atomic E-state index is 0.0372. The second-order valence-electron chi connectivity index (χ2n) is 10.7. The number of ether oxygens (including phenoxy) is 2. The molecule has 2 bridgehead atoms. The largest absolute Gasteiger partial charge is 0.495 e. The first-order valence-corrected chi connectivity index (χ1v) is 16.1. The second-order valence-corrected chi connectivity index (χ2v) is 13.6. The smallest absolute Gasteiger partial charge is 0.472 e. The number of aromatic nitrogens is 2. The van der Waals surface area contributed by atoms with E-state index in [9.17, 15) is 28.5 Å². The van der Waals surface area contributed by atoms with E-state index in [1.165, 1.54) is 19.4 Å². The second kappa shape index (κ2) is 11.8. The predicted molar refractivity (Wildman–Crippen MR) is 139 cm³/mol. The van der Waals surface area contributed by atoms with Gasteiger partial charge in [0.1, 0.15) is 24.5 Å². The first-order valence-electron chi connectivity index (χ1n) is 13.1. The summed E-state index contributed by atoms with van der Waals surface area (Å²) in [7, 11) is -9.17. The van der Waals surface area contributed by atoms with Crippen molar-refractivity contribution < 1.29 is 46.5 Å². The lowest BCUT2D eigenvalue weighted by molar-refractivity contribution is -0.0484. The molecule has 1 aromatic heterocycles. The minimum atomic E-state index is -4.66. The normalized spacial score (nSPS) is 35.6. The van der Waals surface area contributed by atoms with Crippen LogP contribution in [0.3, 0.4) is 0 Å². The topological polar surface area (TPSA) is 185 Å². The average Bonchev–Trinajstić information content (AvgIpc) is 3.68. The first-order chi connectivity index (χ1) is 18.9. The van der Waals surface area contributed by atoms with E-state index in [4.69, 9.17) is 27.6 Å². The van der Waals surface area contributed by atoms with Crippen LogP contribution in [0.15, 0.2) is 40.3 Å². The SMILES string of the molecule is Cc1cn([C@H]2C[C@@H](OP(=O)(O)OCC3OC=CC3C)[C@@H](COP(=O)(O)OCC3CC4C=CC3C4)O2)c(=O)[nH]c1=O. The lowest BCUT2D eigenvalue weighted by Gasteiger charge is -2.24. The van der Waals surface area contributed by atoms with Crippen molar-refractivity contribution in [3.8, 4) is 0 Å². The van der Waals surface area contributed by atoms with E-state index in [1.54, 1.807) is 6.08 Å². The summed E-state index contributed by atoms with van der Waals surface area (Å²) >= 11 is 0. The summed E-state index contributed by atoms with van der Waals surface area (Å²) in [4.78, 5) is 47.1. The van der Waals surface area contributed by atoms with Crippen LogP contribution in [0.4, 0.5) is 0 Å². The van der Waals surface area contributed by atoms with Gasteiger partial charge in [-0.25, -0.2) is 13.9 Å². The quantitative estimate of drug-likeness (QED) is 0.234. The zero-order valence-corrected chi connectivity index (χ0v) is 23.9. The van der Waals surface area contributed by atoms with Gasteiger partial charge >= 0.3 is 21.3 Å². The number of rotatable bonds is 12. The summed E-state index contributed by atoms with van der Waals surface area (Å²) in [5, 5.41) is 0. The Morgan fingerprint density at radius 1 is 1.00 bits per heavy atom. The molecule has 0 spiro atoms. The highest BCUT2D eigenvalue weighted by atomic mass is 31.2. The van der Waals surface area contributed by atoms with Crippen LogP contribution in [0.5, 0.6) is 0 Å². The van der Waals surface area contributed by atoms with Crippen molar-refractivity contribution in [2.45, 2.75) is 57.6 Å². The van der Waals surface area contributed by atoms with Crippen molar-refractivity contribution in [3.63, 3.8) is 0 Å². The van der Waals surface area contributed by atoms with E-state index in [2.05, 4.69) is 17.1 Å². The summed E-state index contributed by atoms with van der Waals surface area (Å²) in [5.41, 5.74) is -1.10. The number of fused-ring (bicyclic) bond motifs is 2. The van der Waals surface area contributed by atoms with Crippen LogP contribution in [-0.2, 0) is 36.7 Å². The van der Waals surface area contributed by atoms with Crippen molar-refractivity contribution in [1.82, 2.24) is 9.55 Å². The molecule has 222 valence electrons. The third kappa shape index (κ3) is 6.95. The standard InChI is InChI=1S/C24H34N2O12P2/c1-14-5-6-33-20(14)12-36-40(31,32)38-19-9-22(26-10-15(2)23(27)25-24(26)28)37-21(19)13-35-39(29,30)34-11-18-8-16-3-4-17(18)7-16/h3-6,10,14,16-22H,7-9,11-13H2,1-2H3,(H,29,30)(H,31,32)(H,25,27,28)/t14?,16?,17?,18?,19-,20?,21-,22-/m1/s1. The van der Waals surface area contributed by atoms with E-state index in [1.807, 2.05) is 6.92 Å². The van der Waals surface area contributed by atoms with Gasteiger partial charge in [0.25, 0.3) is 5.56 Å². The summed E-state index contributed by atoms with van der Waals surface area (Å²) < 4.78 is 58.7. The lowest BCUT2D eigenvalue weighted by Crippen LogP contribution is -2.33. The molecule has 40 heavy (non-hydrogen) atoms. The van der Waals surface area contributed by atoms with Crippen molar-refractivity contribution in [3.05, 3.63) is 57.1 Å². The Balaban J connectivity index is 1.24. The molecular weight excluding hydrogens is 570 g/mol. The maximum Gasteiger partial charge on any atom is 0.472 e. The molecular formula is C24H34N2O12P2. The molecule has 3 N–H and O–H groups in total. The van der Waals surface area contributed by atoms with Gasteiger partial charge in [0.2, 0.25) is 0 Å². The number of H-pyrrole nitrogens is 1. The van der Waals surface area contributed by atoms with Gasteiger partial charge in [-0.15, -0.1) is 0 Å². The van der Waals surface area contributed by atoms with Gasteiger partial charge in [0, 0.05) is 24.1 Å². The van der Waals surface area contributed by atoms with Gasteiger partial charge in [0.05, 0.1) is 26.1 Å². The van der Waals surface area contributed by atoms with Crippen LogP contribution in [0.25, 0.3) is 0 Å². The fourth-order valence-electron chi connectivity index (χ4n) is 5.49. The Morgan fingerprint density at radius 3 is 2.40 bits per heavy atom. The maximum absolute atomic E-state index is 12.8. The highest BCUT2D eigenvalue weighted by Gasteiger charge is 2.44. The van der Waals surface area contributed by atoms with E-state index < -0.39 is 58.0 Å². The number of nitrogens with zero attached hydrogens (tertiary/aromatic N) is 1. The van der Waals surface area contributed by atoms with E-state index in [0.29, 0.717) is 11.8 Å². The molecule has 10 atom stereocenters. The van der Waals surface area contributed by atoms with Gasteiger partial charge in [-0.3, -0.25) is 32.4 Å². The Morgan fingerprint density at radius 2 is 1.73 bits per heavy atom. The molecule has 3 heterocycles. The summed E-state index contributed by atoms with van der Waals surface area (Å²) in [6.45, 7) is 2.64. The van der Waals surface area contributed by atoms with Crippen LogP contribution in [-0.4, -0.2) is 57.5 Å². The molecule has 4 aliphatic rings. The minimum Gasteiger partial charge on any atom is -0.495 e. The summed E-state index contributed by atoms with van der Waals surface area (Å²) in [6.07, 6.45) is 6.72. The lowest BCUT2D eigenvalue weighted by atomic mass is 9.95. The Hall–Kier alpha value is -1.86. The Bertz CT molecular complexity index is 1360. The molecule has 1 saturated carbocycles. The molecule has 2 aliphatic carbocycles. The van der Waals surface area contributed by atoms with Gasteiger partial charge in [-0.2, -0.15) is 0 Å². The van der Waals surface area contributed by atoms with Gasteiger partial charge in [-0.1, -0.05) is 19.1 Å². The number of allylic oxidation sites excluding steroid dienone is 2. The zero-order chi connectivity index (χ0) is 28.7. The number of nitrogens with one attached hydrogen (secondary N) is 1. The summed E-state index contributed by atoms with van der Waals surface area (Å²) in [6, 6.07) is 0. The number of hydrogen-bond donors (Lipinski definition) is 3. The molecule has 14 nitrogen and oxygen atoms in total. The Labute approximate surface area is 230 Å². The maximum atomic E-state index is 12.8. The van der Waals surface area contributed by atoms with E-state index >= 15 is 0 Å². The monoisotopic (exact) mass is 604 g/mol. The van der Waals surface area contributed by atoms with Crippen molar-refractivity contribution in [2.24, 2.45) is 23.7 Å². The molecule has 5 rings (SSSR count). The molecule has 7 unspecified atom stereocenters. The third-order valence-corrected chi connectivity index (χ3v) is 9.76. The molecule has 16 heteroatoms. The summed E-state index contributed by atoms with van der Waals surface area (Å²) in [5.74, 6) is 0.866. The fourth-order valence-corrected chi connectivity index (χ4v) is 7.24. The molecule has 0 aromatic carbocycles.